The number of amides is 2. The molecule has 0 spiro atoms. The van der Waals surface area contributed by atoms with Crippen molar-refractivity contribution in [3.05, 3.63) is 0 Å². The Kier molecular flexibility index (Phi) is 2.52. The number of aliphatic hydroxyl groups excluding tert-OH is 1. The van der Waals surface area contributed by atoms with Crippen molar-refractivity contribution in [2.75, 3.05) is 13.7 Å². The minimum atomic E-state index is -0.435. The molecule has 2 amide bonds. The lowest BCUT2D eigenvalue weighted by Crippen LogP contribution is -2.59. The van der Waals surface area contributed by atoms with E-state index in [4.69, 9.17) is 0 Å². The molecule has 0 aromatic carbocycles. The number of carbonyl (C=O) groups excluding carboxylic acids is 2. The number of rotatable bonds is 3. The standard InChI is InChI=1S/C10H16N2O3/c1-12-8(14)5-7(9(12)15)11-10(6-13)3-2-4-10/h7,11,13H,2-6H2,1H3. The third kappa shape index (κ3) is 1.66. The van der Waals surface area contributed by atoms with Gasteiger partial charge in [-0.2, -0.15) is 0 Å². The van der Waals surface area contributed by atoms with E-state index in [0.29, 0.717) is 0 Å². The van der Waals surface area contributed by atoms with Crippen LogP contribution in [0.4, 0.5) is 0 Å². The number of nitrogens with zero attached hydrogens (tertiary/aromatic N) is 1. The van der Waals surface area contributed by atoms with E-state index in [9.17, 15) is 14.7 Å². The number of likely N-dealkylation sites (N-methyl/N-ethyl adjacent to an activating group) is 1. The van der Waals surface area contributed by atoms with Crippen molar-refractivity contribution in [2.45, 2.75) is 37.3 Å². The lowest BCUT2D eigenvalue weighted by atomic mass is 9.77. The van der Waals surface area contributed by atoms with Crippen molar-refractivity contribution in [1.29, 1.82) is 0 Å². The Morgan fingerprint density at radius 3 is 2.53 bits per heavy atom. The monoisotopic (exact) mass is 212 g/mol. The zero-order valence-corrected chi connectivity index (χ0v) is 8.82. The van der Waals surface area contributed by atoms with E-state index in [1.807, 2.05) is 0 Å². The van der Waals surface area contributed by atoms with E-state index in [1.54, 1.807) is 0 Å². The summed E-state index contributed by atoms with van der Waals surface area (Å²) in [6.07, 6.45) is 3.05. The molecule has 84 valence electrons. The molecule has 0 aromatic rings. The third-order valence-corrected chi connectivity index (χ3v) is 3.48. The molecule has 2 N–H and O–H groups in total. The molecule has 2 aliphatic rings. The molecule has 1 saturated heterocycles. The number of hydrogen-bond acceptors (Lipinski definition) is 4. The minimum Gasteiger partial charge on any atom is -0.394 e. The predicted molar refractivity (Wildman–Crippen MR) is 53.0 cm³/mol. The molecule has 0 aromatic heterocycles. The summed E-state index contributed by atoms with van der Waals surface area (Å²) in [4.78, 5) is 24.0. The molecule has 1 aliphatic carbocycles. The number of likely N-dealkylation sites (tertiary alicyclic amines) is 1. The SMILES string of the molecule is CN1C(=O)CC(NC2(CO)CCC2)C1=O. The highest BCUT2D eigenvalue weighted by atomic mass is 16.3. The molecule has 0 bridgehead atoms. The van der Waals surface area contributed by atoms with Crippen LogP contribution in [0, 0.1) is 0 Å². The predicted octanol–water partition coefficient (Wildman–Crippen LogP) is -0.752. The normalized spacial score (nSPS) is 29.5. The summed E-state index contributed by atoms with van der Waals surface area (Å²) < 4.78 is 0. The molecule has 5 nitrogen and oxygen atoms in total. The molecule has 15 heavy (non-hydrogen) atoms. The fourth-order valence-corrected chi connectivity index (χ4v) is 2.19. The highest BCUT2D eigenvalue weighted by Crippen LogP contribution is 2.32. The quantitative estimate of drug-likeness (QED) is 0.604. The van der Waals surface area contributed by atoms with Gasteiger partial charge in [0.25, 0.3) is 0 Å². The number of hydrogen-bond donors (Lipinski definition) is 2. The molecule has 1 unspecified atom stereocenters. The van der Waals surface area contributed by atoms with Crippen molar-refractivity contribution < 1.29 is 14.7 Å². The second kappa shape index (κ2) is 3.57. The van der Waals surface area contributed by atoms with Crippen LogP contribution in [0.2, 0.25) is 0 Å². The molecular weight excluding hydrogens is 196 g/mol. The first-order chi connectivity index (χ1) is 7.08. The Morgan fingerprint density at radius 1 is 1.53 bits per heavy atom. The van der Waals surface area contributed by atoms with E-state index in [0.717, 1.165) is 24.2 Å². The van der Waals surface area contributed by atoms with Gasteiger partial charge in [-0.3, -0.25) is 19.8 Å². The van der Waals surface area contributed by atoms with Crippen molar-refractivity contribution in [2.24, 2.45) is 0 Å². The van der Waals surface area contributed by atoms with Gasteiger partial charge in [0.2, 0.25) is 11.8 Å². The lowest BCUT2D eigenvalue weighted by Gasteiger charge is -2.42. The Bertz CT molecular complexity index is 294. The molecule has 1 atom stereocenters. The van der Waals surface area contributed by atoms with Crippen molar-refractivity contribution in [3.8, 4) is 0 Å². The van der Waals surface area contributed by atoms with E-state index in [2.05, 4.69) is 5.32 Å². The minimum absolute atomic E-state index is 0.0364. The summed E-state index contributed by atoms with van der Waals surface area (Å²) >= 11 is 0. The van der Waals surface area contributed by atoms with Crippen molar-refractivity contribution in [3.63, 3.8) is 0 Å². The van der Waals surface area contributed by atoms with Gasteiger partial charge in [-0.1, -0.05) is 0 Å². The van der Waals surface area contributed by atoms with Crippen LogP contribution >= 0.6 is 0 Å². The van der Waals surface area contributed by atoms with Crippen LogP contribution in [0.5, 0.6) is 0 Å². The van der Waals surface area contributed by atoms with Gasteiger partial charge in [0.1, 0.15) is 0 Å². The summed E-state index contributed by atoms with van der Waals surface area (Å²) in [5.41, 5.74) is -0.314. The topological polar surface area (TPSA) is 69.6 Å². The van der Waals surface area contributed by atoms with Gasteiger partial charge in [0, 0.05) is 12.6 Å². The van der Waals surface area contributed by atoms with Crippen LogP contribution in [0.1, 0.15) is 25.7 Å². The average Bonchev–Trinajstić information content (AvgIpc) is 2.40. The molecule has 2 rings (SSSR count). The maximum Gasteiger partial charge on any atom is 0.246 e. The summed E-state index contributed by atoms with van der Waals surface area (Å²) in [5.74, 6) is -0.329. The van der Waals surface area contributed by atoms with Crippen LogP contribution in [0.25, 0.3) is 0 Å². The molecule has 1 heterocycles. The van der Waals surface area contributed by atoms with Gasteiger partial charge in [0.15, 0.2) is 0 Å². The molecule has 1 saturated carbocycles. The Balaban J connectivity index is 2.01. The smallest absolute Gasteiger partial charge is 0.246 e. The van der Waals surface area contributed by atoms with Crippen LogP contribution in [-0.2, 0) is 9.59 Å². The lowest BCUT2D eigenvalue weighted by molar-refractivity contribution is -0.137. The highest BCUT2D eigenvalue weighted by molar-refractivity contribution is 6.05. The van der Waals surface area contributed by atoms with Gasteiger partial charge in [-0.05, 0) is 19.3 Å². The summed E-state index contributed by atoms with van der Waals surface area (Å²) in [7, 11) is 1.50. The second-order valence-corrected chi connectivity index (χ2v) is 4.48. The Labute approximate surface area is 88.4 Å². The number of imide groups is 1. The third-order valence-electron chi connectivity index (χ3n) is 3.48. The van der Waals surface area contributed by atoms with Gasteiger partial charge < -0.3 is 5.11 Å². The number of carbonyl (C=O) groups is 2. The first kappa shape index (κ1) is 10.6. The first-order valence-corrected chi connectivity index (χ1v) is 5.27. The fourth-order valence-electron chi connectivity index (χ4n) is 2.19. The van der Waals surface area contributed by atoms with Crippen LogP contribution in [0.15, 0.2) is 0 Å². The number of nitrogens with one attached hydrogen (secondary N) is 1. The van der Waals surface area contributed by atoms with E-state index in [-0.39, 0.29) is 30.4 Å². The molecule has 1 aliphatic heterocycles. The van der Waals surface area contributed by atoms with Gasteiger partial charge in [-0.25, -0.2) is 0 Å². The molecule has 5 heteroatoms. The van der Waals surface area contributed by atoms with Crippen molar-refractivity contribution >= 4 is 11.8 Å². The van der Waals surface area contributed by atoms with Crippen molar-refractivity contribution in [1.82, 2.24) is 10.2 Å². The van der Waals surface area contributed by atoms with E-state index < -0.39 is 6.04 Å². The maximum absolute atomic E-state index is 11.6. The van der Waals surface area contributed by atoms with Crippen LogP contribution in [-0.4, -0.2) is 47.1 Å². The largest absolute Gasteiger partial charge is 0.394 e. The van der Waals surface area contributed by atoms with Gasteiger partial charge >= 0.3 is 0 Å². The average molecular weight is 212 g/mol. The maximum atomic E-state index is 11.6. The molecule has 0 radical (unpaired) electrons. The van der Waals surface area contributed by atoms with E-state index in [1.165, 1.54) is 7.05 Å². The van der Waals surface area contributed by atoms with Crippen LogP contribution < -0.4 is 5.32 Å². The van der Waals surface area contributed by atoms with E-state index >= 15 is 0 Å². The van der Waals surface area contributed by atoms with Gasteiger partial charge in [-0.15, -0.1) is 0 Å². The zero-order valence-electron chi connectivity index (χ0n) is 8.82. The first-order valence-electron chi connectivity index (χ1n) is 5.27. The summed E-state index contributed by atoms with van der Waals surface area (Å²) in [6, 6.07) is -0.435. The molecular formula is C10H16N2O3. The fraction of sp³-hybridized carbons (Fsp3) is 0.800. The van der Waals surface area contributed by atoms with Gasteiger partial charge in [0.05, 0.1) is 19.1 Å². The highest BCUT2D eigenvalue weighted by Gasteiger charge is 2.44. The van der Waals surface area contributed by atoms with Crippen LogP contribution in [0.3, 0.4) is 0 Å². The Morgan fingerprint density at radius 2 is 2.20 bits per heavy atom. The molecule has 2 fully saturated rings. The zero-order chi connectivity index (χ0) is 11.1. The second-order valence-electron chi connectivity index (χ2n) is 4.48. The number of aliphatic hydroxyl groups is 1. The summed E-state index contributed by atoms with van der Waals surface area (Å²) in [5, 5.41) is 12.4. The summed E-state index contributed by atoms with van der Waals surface area (Å²) in [6.45, 7) is 0.0364. The Hall–Kier alpha value is -0.940.